The van der Waals surface area contributed by atoms with Crippen LogP contribution in [0.5, 0.6) is 0 Å². The summed E-state index contributed by atoms with van der Waals surface area (Å²) in [5.41, 5.74) is 1.19. The third-order valence-electron chi connectivity index (χ3n) is 2.25. The van der Waals surface area contributed by atoms with Crippen LogP contribution in [0.4, 0.5) is 4.39 Å². The molecule has 0 heterocycles. The van der Waals surface area contributed by atoms with E-state index in [-0.39, 0.29) is 6.42 Å². The van der Waals surface area contributed by atoms with Gasteiger partial charge in [0.2, 0.25) is 0 Å². The van der Waals surface area contributed by atoms with Crippen LogP contribution in [-0.2, 0) is 0 Å². The molecule has 0 aliphatic heterocycles. The molecule has 3 heteroatoms. The first kappa shape index (κ1) is 13.3. The Bertz CT molecular complexity index is 323. The molecule has 0 aliphatic rings. The van der Waals surface area contributed by atoms with Crippen molar-refractivity contribution in [3.8, 4) is 0 Å². The highest BCUT2D eigenvalue weighted by Gasteiger charge is 2.16. The average Bonchev–Trinajstić information content (AvgIpc) is 2.28. The van der Waals surface area contributed by atoms with Crippen molar-refractivity contribution in [3.05, 3.63) is 42.5 Å². The van der Waals surface area contributed by atoms with E-state index >= 15 is 0 Å². The van der Waals surface area contributed by atoms with Gasteiger partial charge in [-0.2, -0.15) is 0 Å². The first-order chi connectivity index (χ1) is 7.63. The number of hydrogen-bond acceptors (Lipinski definition) is 2. The van der Waals surface area contributed by atoms with Gasteiger partial charge in [-0.15, -0.1) is 18.3 Å². The summed E-state index contributed by atoms with van der Waals surface area (Å²) in [5, 5.41) is 9.52. The number of aryl methyl sites for hydroxylation is 1. The van der Waals surface area contributed by atoms with Crippen LogP contribution >= 0.6 is 11.8 Å². The van der Waals surface area contributed by atoms with Crippen molar-refractivity contribution in [2.75, 3.05) is 5.75 Å². The summed E-state index contributed by atoms with van der Waals surface area (Å²) in [5.74, 6) is 0.373. The summed E-state index contributed by atoms with van der Waals surface area (Å²) in [6.07, 6.45) is -0.445. The summed E-state index contributed by atoms with van der Waals surface area (Å²) in [4.78, 5) is 1.05. The molecule has 0 unspecified atom stereocenters. The molecule has 1 N–H and O–H groups in total. The predicted molar refractivity (Wildman–Crippen MR) is 67.6 cm³/mol. The van der Waals surface area contributed by atoms with E-state index in [4.69, 9.17) is 0 Å². The zero-order chi connectivity index (χ0) is 12.0. The Morgan fingerprint density at radius 2 is 2.06 bits per heavy atom. The third kappa shape index (κ3) is 4.37. The minimum Gasteiger partial charge on any atom is -0.389 e. The Morgan fingerprint density at radius 1 is 1.44 bits per heavy atom. The Hall–Kier alpha value is -0.800. The van der Waals surface area contributed by atoms with Crippen LogP contribution in [0.2, 0.25) is 0 Å². The molecule has 1 aromatic rings. The first-order valence-corrected chi connectivity index (χ1v) is 6.24. The van der Waals surface area contributed by atoms with Crippen molar-refractivity contribution >= 4 is 11.8 Å². The van der Waals surface area contributed by atoms with E-state index in [9.17, 15) is 9.50 Å². The molecule has 0 spiro atoms. The summed E-state index contributed by atoms with van der Waals surface area (Å²) < 4.78 is 13.2. The molecule has 0 aliphatic carbocycles. The zero-order valence-corrected chi connectivity index (χ0v) is 10.2. The van der Waals surface area contributed by atoms with Gasteiger partial charge in [0.05, 0.1) is 6.10 Å². The molecule has 0 amide bonds. The quantitative estimate of drug-likeness (QED) is 0.608. The Kier molecular flexibility index (Phi) is 5.56. The van der Waals surface area contributed by atoms with Crippen LogP contribution in [0.15, 0.2) is 41.8 Å². The van der Waals surface area contributed by atoms with Crippen LogP contribution in [0.25, 0.3) is 0 Å². The zero-order valence-electron chi connectivity index (χ0n) is 9.40. The van der Waals surface area contributed by atoms with Gasteiger partial charge in [-0.3, -0.25) is 0 Å². The molecule has 0 aromatic heterocycles. The number of aliphatic hydroxyl groups is 1. The van der Waals surface area contributed by atoms with Gasteiger partial charge in [-0.25, -0.2) is 4.39 Å². The largest absolute Gasteiger partial charge is 0.389 e. The van der Waals surface area contributed by atoms with E-state index in [1.165, 1.54) is 23.4 Å². The first-order valence-electron chi connectivity index (χ1n) is 5.26. The van der Waals surface area contributed by atoms with E-state index < -0.39 is 12.3 Å². The molecule has 1 aromatic carbocycles. The number of alkyl halides is 1. The number of aliphatic hydroxyl groups excluding tert-OH is 1. The molecule has 0 fully saturated rings. The van der Waals surface area contributed by atoms with E-state index in [0.717, 1.165) is 4.90 Å². The lowest BCUT2D eigenvalue weighted by atomic mass is 10.2. The molecule has 0 radical (unpaired) electrons. The highest BCUT2D eigenvalue weighted by Crippen LogP contribution is 2.21. The van der Waals surface area contributed by atoms with Crippen LogP contribution in [-0.4, -0.2) is 23.1 Å². The minimum absolute atomic E-state index is 0.204. The third-order valence-corrected chi connectivity index (χ3v) is 3.36. The van der Waals surface area contributed by atoms with Gasteiger partial charge in [-0.1, -0.05) is 23.8 Å². The van der Waals surface area contributed by atoms with Gasteiger partial charge in [0, 0.05) is 10.6 Å². The number of rotatable bonds is 6. The van der Waals surface area contributed by atoms with Gasteiger partial charge >= 0.3 is 0 Å². The molecule has 0 saturated carbocycles. The maximum atomic E-state index is 13.2. The summed E-state index contributed by atoms with van der Waals surface area (Å²) in [6, 6.07) is 7.97. The fourth-order valence-electron chi connectivity index (χ4n) is 1.24. The normalized spacial score (nSPS) is 14.4. The summed E-state index contributed by atoms with van der Waals surface area (Å²) >= 11 is 1.47. The fourth-order valence-corrected chi connectivity index (χ4v) is 2.14. The van der Waals surface area contributed by atoms with Crippen LogP contribution in [0.3, 0.4) is 0 Å². The summed E-state index contributed by atoms with van der Waals surface area (Å²) in [6.45, 7) is 5.47. The Balaban J connectivity index is 2.39. The van der Waals surface area contributed by atoms with Gasteiger partial charge in [-0.05, 0) is 25.5 Å². The van der Waals surface area contributed by atoms with Crippen molar-refractivity contribution < 1.29 is 9.50 Å². The Morgan fingerprint density at radius 3 is 2.62 bits per heavy atom. The lowest BCUT2D eigenvalue weighted by Gasteiger charge is -2.13. The average molecular weight is 240 g/mol. The molecule has 88 valence electrons. The van der Waals surface area contributed by atoms with Crippen LogP contribution < -0.4 is 0 Å². The molecule has 0 bridgehead atoms. The van der Waals surface area contributed by atoms with Gasteiger partial charge in [0.15, 0.2) is 0 Å². The van der Waals surface area contributed by atoms with Crippen molar-refractivity contribution in [2.45, 2.75) is 30.5 Å². The molecule has 1 nitrogen and oxygen atoms in total. The van der Waals surface area contributed by atoms with Gasteiger partial charge in [0.1, 0.15) is 6.17 Å². The van der Waals surface area contributed by atoms with E-state index in [1.807, 2.05) is 31.2 Å². The number of hydrogen-bond donors (Lipinski definition) is 1. The second-order valence-corrected chi connectivity index (χ2v) is 4.83. The van der Waals surface area contributed by atoms with E-state index in [0.29, 0.717) is 5.75 Å². The lowest BCUT2D eigenvalue weighted by Crippen LogP contribution is -2.23. The number of benzene rings is 1. The van der Waals surface area contributed by atoms with Crippen molar-refractivity contribution in [1.29, 1.82) is 0 Å². The standard InChI is InChI=1S/C13H17FOS/c1-3-4-12(14)13(15)9-16-11-7-5-10(2)6-8-11/h3,5-8,12-13,15H,1,4,9H2,2H3/t12-,13-/m0/s1. The highest BCUT2D eigenvalue weighted by molar-refractivity contribution is 7.99. The maximum absolute atomic E-state index is 13.2. The number of allylic oxidation sites excluding steroid dienone is 1. The SMILES string of the molecule is C=CC[C@H](F)[C@@H](O)CSc1ccc(C)cc1. The molecule has 0 saturated heterocycles. The van der Waals surface area contributed by atoms with Crippen molar-refractivity contribution in [3.63, 3.8) is 0 Å². The molecular weight excluding hydrogens is 223 g/mol. The van der Waals surface area contributed by atoms with E-state index in [2.05, 4.69) is 6.58 Å². The van der Waals surface area contributed by atoms with Gasteiger partial charge < -0.3 is 5.11 Å². The van der Waals surface area contributed by atoms with Crippen LogP contribution in [0, 0.1) is 6.92 Å². The van der Waals surface area contributed by atoms with E-state index in [1.54, 1.807) is 0 Å². The van der Waals surface area contributed by atoms with Crippen LogP contribution in [0.1, 0.15) is 12.0 Å². The minimum atomic E-state index is -1.21. The smallest absolute Gasteiger partial charge is 0.130 e. The van der Waals surface area contributed by atoms with Gasteiger partial charge in [0.25, 0.3) is 0 Å². The monoisotopic (exact) mass is 240 g/mol. The molecule has 2 atom stereocenters. The lowest BCUT2D eigenvalue weighted by molar-refractivity contribution is 0.0986. The second-order valence-electron chi connectivity index (χ2n) is 3.73. The van der Waals surface area contributed by atoms with Crippen molar-refractivity contribution in [1.82, 2.24) is 0 Å². The summed E-state index contributed by atoms with van der Waals surface area (Å²) in [7, 11) is 0. The topological polar surface area (TPSA) is 20.2 Å². The predicted octanol–water partition coefficient (Wildman–Crippen LogP) is 3.36. The molecule has 1 rings (SSSR count). The number of thioether (sulfide) groups is 1. The maximum Gasteiger partial charge on any atom is 0.130 e. The second kappa shape index (κ2) is 6.71. The molecule has 16 heavy (non-hydrogen) atoms. The fraction of sp³-hybridized carbons (Fsp3) is 0.385. The molecular formula is C13H17FOS. The van der Waals surface area contributed by atoms with Crippen molar-refractivity contribution in [2.24, 2.45) is 0 Å². The Labute approximate surface area is 100 Å². The number of halogens is 1. The highest BCUT2D eigenvalue weighted by atomic mass is 32.2.